The van der Waals surface area contributed by atoms with Crippen LogP contribution >= 0.6 is 0 Å². The smallest absolute Gasteiger partial charge is 0.357 e. The lowest BCUT2D eigenvalue weighted by Gasteiger charge is -2.43. The van der Waals surface area contributed by atoms with Crippen LogP contribution < -0.4 is 5.48 Å². The zero-order valence-corrected chi connectivity index (χ0v) is 20.8. The molecule has 0 spiro atoms. The van der Waals surface area contributed by atoms with Crippen molar-refractivity contribution in [2.45, 2.75) is 64.4 Å². The summed E-state index contributed by atoms with van der Waals surface area (Å²) >= 11 is 0. The van der Waals surface area contributed by atoms with E-state index in [1.807, 2.05) is 5.48 Å². The van der Waals surface area contributed by atoms with Gasteiger partial charge < -0.3 is 38.7 Å². The van der Waals surface area contributed by atoms with Crippen molar-refractivity contribution < 1.29 is 67.5 Å². The molecule has 6 atom stereocenters. The quantitative estimate of drug-likeness (QED) is 0.192. The van der Waals surface area contributed by atoms with Crippen molar-refractivity contribution in [2.75, 3.05) is 6.61 Å². The predicted molar refractivity (Wildman–Crippen MR) is 120 cm³/mol. The highest BCUT2D eigenvalue weighted by molar-refractivity contribution is 6.02. The molecule has 0 aromatic heterocycles. The van der Waals surface area contributed by atoms with Crippen LogP contribution in [-0.4, -0.2) is 89.4 Å². The Bertz CT molecular complexity index is 1070. The summed E-state index contributed by atoms with van der Waals surface area (Å²) in [5, 5.41) is 18.7. The van der Waals surface area contributed by atoms with Crippen LogP contribution in [0.2, 0.25) is 0 Å². The largest absolute Gasteiger partial charge is 0.480 e. The second kappa shape index (κ2) is 13.5. The van der Waals surface area contributed by atoms with Crippen LogP contribution in [0.4, 0.5) is 0 Å². The van der Waals surface area contributed by atoms with Crippen molar-refractivity contribution in [1.29, 1.82) is 0 Å². The lowest BCUT2D eigenvalue weighted by molar-refractivity contribution is -0.302. The number of carboxylic acid groups (broad SMARTS) is 2. The molecule has 1 aromatic rings. The van der Waals surface area contributed by atoms with Crippen molar-refractivity contribution >= 4 is 35.8 Å². The number of hydrogen-bond donors (Lipinski definition) is 3. The van der Waals surface area contributed by atoms with E-state index >= 15 is 0 Å². The fraction of sp³-hybridized carbons (Fsp3) is 0.478. The molecule has 1 fully saturated rings. The maximum absolute atomic E-state index is 12.3. The number of benzene rings is 1. The van der Waals surface area contributed by atoms with Crippen LogP contribution in [0.1, 0.15) is 48.4 Å². The third-order valence-electron chi connectivity index (χ3n) is 5.03. The first-order valence-corrected chi connectivity index (χ1v) is 11.1. The van der Waals surface area contributed by atoms with Crippen LogP contribution in [0.5, 0.6) is 0 Å². The van der Waals surface area contributed by atoms with Crippen molar-refractivity contribution in [2.24, 2.45) is 0 Å². The van der Waals surface area contributed by atoms with Gasteiger partial charge in [-0.15, -0.1) is 5.48 Å². The number of hydrogen-bond acceptors (Lipinski definition) is 13. The molecule has 3 N–H and O–H groups in total. The average Bonchev–Trinajstić information content (AvgIpc) is 2.82. The van der Waals surface area contributed by atoms with Gasteiger partial charge in [0.25, 0.3) is 0 Å². The van der Waals surface area contributed by atoms with Crippen molar-refractivity contribution in [3.8, 4) is 0 Å². The zero-order chi connectivity index (χ0) is 28.6. The summed E-state index contributed by atoms with van der Waals surface area (Å²) in [6, 6.07) is 3.42. The monoisotopic (exact) mass is 541 g/mol. The van der Waals surface area contributed by atoms with E-state index in [2.05, 4.69) is 0 Å². The van der Waals surface area contributed by atoms with Gasteiger partial charge in [0.05, 0.1) is 23.8 Å². The lowest BCUT2D eigenvalue weighted by atomic mass is 9.99. The second-order valence-corrected chi connectivity index (χ2v) is 8.01. The Morgan fingerprint density at radius 3 is 1.92 bits per heavy atom. The van der Waals surface area contributed by atoms with Gasteiger partial charge >= 0.3 is 35.8 Å². The first kappa shape index (κ1) is 30.1. The predicted octanol–water partition coefficient (Wildman–Crippen LogP) is 0.0559. The Balaban J connectivity index is 2.18. The molecule has 208 valence electrons. The number of aliphatic carboxylic acids is 1. The lowest BCUT2D eigenvalue weighted by Crippen LogP contribution is -2.61. The molecule has 0 radical (unpaired) electrons. The van der Waals surface area contributed by atoms with E-state index < -0.39 is 79.2 Å². The molecule has 1 aromatic carbocycles. The van der Waals surface area contributed by atoms with Gasteiger partial charge in [0, 0.05) is 20.8 Å². The number of aromatic carboxylic acids is 1. The standard InChI is InChI=1S/C23H27NO14/c1-10-17(35-11(2)25)18(36-12(3)26)19(37-13(4)27)23(34-10)33-9-16(21(30)31)24-38-22(32)15-8-6-5-7-14(15)20(28)29/h5-8,10,16-19,23-24H,9H2,1-4H3,(H,28,29)(H,30,31)/t10-,16-,17+,18+,19-,23-/m0/s1. The Morgan fingerprint density at radius 2 is 1.39 bits per heavy atom. The maximum Gasteiger partial charge on any atom is 0.357 e. The van der Waals surface area contributed by atoms with E-state index in [1.165, 1.54) is 25.1 Å². The molecule has 2 rings (SSSR count). The fourth-order valence-electron chi connectivity index (χ4n) is 3.48. The SMILES string of the molecule is CC(=O)O[C@H]1[C@H](OC(C)=O)[C@@H](OC[C@H](NOC(=O)c2ccccc2C(=O)O)C(=O)O)O[C@@H](C)[C@H]1OC(C)=O. The average molecular weight is 541 g/mol. The maximum atomic E-state index is 12.3. The molecular formula is C23H27NO14. The summed E-state index contributed by atoms with van der Waals surface area (Å²) in [6.07, 6.45) is -6.49. The van der Waals surface area contributed by atoms with Crippen LogP contribution in [0.25, 0.3) is 0 Å². The van der Waals surface area contributed by atoms with Gasteiger partial charge in [-0.05, 0) is 19.1 Å². The molecule has 0 saturated carbocycles. The Morgan fingerprint density at radius 1 is 0.868 bits per heavy atom. The fourth-order valence-corrected chi connectivity index (χ4v) is 3.48. The second-order valence-electron chi connectivity index (χ2n) is 8.01. The number of carbonyl (C=O) groups excluding carboxylic acids is 4. The number of esters is 3. The highest BCUT2D eigenvalue weighted by atomic mass is 16.7. The van der Waals surface area contributed by atoms with Gasteiger partial charge in [0.2, 0.25) is 0 Å². The van der Waals surface area contributed by atoms with E-state index in [1.54, 1.807) is 0 Å². The number of hydroxylamine groups is 1. The van der Waals surface area contributed by atoms with Gasteiger partial charge in [-0.2, -0.15) is 0 Å². The molecule has 1 heterocycles. The van der Waals surface area contributed by atoms with Crippen molar-refractivity contribution in [1.82, 2.24) is 5.48 Å². The molecule has 0 unspecified atom stereocenters. The molecule has 1 aliphatic rings. The first-order chi connectivity index (χ1) is 17.8. The third-order valence-corrected chi connectivity index (χ3v) is 5.03. The number of nitrogens with one attached hydrogen (secondary N) is 1. The van der Waals surface area contributed by atoms with Crippen LogP contribution in [-0.2, 0) is 47.7 Å². The molecule has 15 heteroatoms. The minimum absolute atomic E-state index is 0.336. The molecular weight excluding hydrogens is 514 g/mol. The van der Waals surface area contributed by atoms with E-state index in [4.69, 9.17) is 28.5 Å². The summed E-state index contributed by atoms with van der Waals surface area (Å²) in [5.41, 5.74) is 1.28. The van der Waals surface area contributed by atoms with Crippen LogP contribution in [0.3, 0.4) is 0 Å². The molecule has 15 nitrogen and oxygen atoms in total. The molecule has 0 aliphatic carbocycles. The molecule has 0 bridgehead atoms. The Labute approximate surface area is 215 Å². The third kappa shape index (κ3) is 8.22. The minimum Gasteiger partial charge on any atom is -0.480 e. The van der Waals surface area contributed by atoms with Crippen LogP contribution in [0.15, 0.2) is 24.3 Å². The van der Waals surface area contributed by atoms with E-state index in [0.717, 1.165) is 26.8 Å². The van der Waals surface area contributed by atoms with Crippen LogP contribution in [0, 0.1) is 0 Å². The number of rotatable bonds is 11. The first-order valence-electron chi connectivity index (χ1n) is 11.1. The minimum atomic E-state index is -1.70. The normalized spacial score (nSPS) is 23.4. The van der Waals surface area contributed by atoms with Gasteiger partial charge in [0.15, 0.2) is 30.6 Å². The zero-order valence-electron chi connectivity index (χ0n) is 20.8. The Hall–Kier alpha value is -4.08. The van der Waals surface area contributed by atoms with Gasteiger partial charge in [0.1, 0.15) is 0 Å². The number of carbonyl (C=O) groups is 6. The Kier molecular flexibility index (Phi) is 10.7. The van der Waals surface area contributed by atoms with E-state index in [-0.39, 0.29) is 11.1 Å². The summed E-state index contributed by atoms with van der Waals surface area (Å²) in [4.78, 5) is 75.2. The van der Waals surface area contributed by atoms with Gasteiger partial charge in [-0.25, -0.2) is 9.59 Å². The van der Waals surface area contributed by atoms with Gasteiger partial charge in [-0.1, -0.05) is 12.1 Å². The van der Waals surface area contributed by atoms with Crippen molar-refractivity contribution in [3.63, 3.8) is 0 Å². The van der Waals surface area contributed by atoms with E-state index in [0.29, 0.717) is 0 Å². The van der Waals surface area contributed by atoms with Crippen molar-refractivity contribution in [3.05, 3.63) is 35.4 Å². The summed E-state index contributed by atoms with van der Waals surface area (Å²) in [5.74, 6) is -6.47. The topological polar surface area (TPSA) is 210 Å². The molecule has 0 amide bonds. The highest BCUT2D eigenvalue weighted by Crippen LogP contribution is 2.29. The summed E-state index contributed by atoms with van der Waals surface area (Å²) in [7, 11) is 0. The molecule has 38 heavy (non-hydrogen) atoms. The summed E-state index contributed by atoms with van der Waals surface area (Å²) in [6.45, 7) is 3.96. The van der Waals surface area contributed by atoms with Gasteiger partial charge in [-0.3, -0.25) is 19.2 Å². The molecule has 1 saturated heterocycles. The number of carboxylic acids is 2. The number of ether oxygens (including phenoxy) is 5. The summed E-state index contributed by atoms with van der Waals surface area (Å²) < 4.78 is 26.7. The van der Waals surface area contributed by atoms with E-state index in [9.17, 15) is 39.0 Å². The molecule has 1 aliphatic heterocycles. The highest BCUT2D eigenvalue weighted by Gasteiger charge is 2.51.